The molecule has 1 unspecified atom stereocenters. The van der Waals surface area contributed by atoms with Gasteiger partial charge in [0.25, 0.3) is 0 Å². The lowest BCUT2D eigenvalue weighted by Gasteiger charge is -2.15. The van der Waals surface area contributed by atoms with Crippen molar-refractivity contribution < 1.29 is 4.79 Å². The molecule has 1 aliphatic heterocycles. The predicted octanol–water partition coefficient (Wildman–Crippen LogP) is 2.28. The molecule has 3 rings (SSSR count). The standard InChI is InChI=1S/C13H10N2OS/c1-2-9-5-13(16)15(7-9)10-3-4-11-12(6-10)17-8-14-11/h1,3-4,6,8-9H,5,7H2. The molecule has 0 radical (unpaired) electrons. The van der Waals surface area contributed by atoms with E-state index in [4.69, 9.17) is 6.42 Å². The van der Waals surface area contributed by atoms with E-state index in [1.54, 1.807) is 16.2 Å². The minimum atomic E-state index is 0.0413. The van der Waals surface area contributed by atoms with Crippen LogP contribution in [0.15, 0.2) is 23.7 Å². The number of amides is 1. The molecule has 2 aromatic rings. The van der Waals surface area contributed by atoms with Gasteiger partial charge in [0.05, 0.1) is 15.7 Å². The van der Waals surface area contributed by atoms with E-state index in [2.05, 4.69) is 10.9 Å². The summed E-state index contributed by atoms with van der Waals surface area (Å²) in [5.41, 5.74) is 3.70. The summed E-state index contributed by atoms with van der Waals surface area (Å²) in [7, 11) is 0. The molecule has 3 nitrogen and oxygen atoms in total. The van der Waals surface area contributed by atoms with E-state index in [0.29, 0.717) is 13.0 Å². The number of carbonyl (C=O) groups is 1. The Morgan fingerprint density at radius 1 is 1.53 bits per heavy atom. The summed E-state index contributed by atoms with van der Waals surface area (Å²) < 4.78 is 1.10. The molecule has 0 bridgehead atoms. The largest absolute Gasteiger partial charge is 0.311 e. The van der Waals surface area contributed by atoms with Crippen LogP contribution in [0, 0.1) is 18.3 Å². The number of carbonyl (C=O) groups excluding carboxylic acids is 1. The first kappa shape index (κ1) is 10.3. The normalized spacial score (nSPS) is 19.8. The lowest BCUT2D eigenvalue weighted by atomic mass is 10.1. The Kier molecular flexibility index (Phi) is 2.34. The van der Waals surface area contributed by atoms with Crippen LogP contribution in [0.5, 0.6) is 0 Å². The van der Waals surface area contributed by atoms with Gasteiger partial charge in [-0.1, -0.05) is 0 Å². The van der Waals surface area contributed by atoms with Crippen molar-refractivity contribution in [3.8, 4) is 12.3 Å². The lowest BCUT2D eigenvalue weighted by Crippen LogP contribution is -2.24. The minimum absolute atomic E-state index is 0.0413. The van der Waals surface area contributed by atoms with Crippen LogP contribution in [0.3, 0.4) is 0 Å². The first-order valence-corrected chi connectivity index (χ1v) is 6.25. The highest BCUT2D eigenvalue weighted by Gasteiger charge is 2.29. The van der Waals surface area contributed by atoms with E-state index in [-0.39, 0.29) is 11.8 Å². The van der Waals surface area contributed by atoms with Gasteiger partial charge in [0.2, 0.25) is 5.91 Å². The van der Waals surface area contributed by atoms with E-state index in [1.807, 2.05) is 23.7 Å². The molecule has 17 heavy (non-hydrogen) atoms. The monoisotopic (exact) mass is 242 g/mol. The van der Waals surface area contributed by atoms with Gasteiger partial charge in [-0.05, 0) is 18.2 Å². The van der Waals surface area contributed by atoms with Crippen LogP contribution < -0.4 is 4.90 Å². The van der Waals surface area contributed by atoms with E-state index in [1.165, 1.54) is 0 Å². The number of fused-ring (bicyclic) bond motifs is 1. The summed E-state index contributed by atoms with van der Waals surface area (Å²) >= 11 is 1.58. The van der Waals surface area contributed by atoms with Crippen LogP contribution >= 0.6 is 11.3 Å². The fourth-order valence-electron chi connectivity index (χ4n) is 2.08. The van der Waals surface area contributed by atoms with Crippen molar-refractivity contribution in [3.63, 3.8) is 0 Å². The topological polar surface area (TPSA) is 33.2 Å². The van der Waals surface area contributed by atoms with E-state index < -0.39 is 0 Å². The predicted molar refractivity (Wildman–Crippen MR) is 68.9 cm³/mol. The van der Waals surface area contributed by atoms with Gasteiger partial charge in [0.15, 0.2) is 0 Å². The van der Waals surface area contributed by atoms with Crippen molar-refractivity contribution in [2.24, 2.45) is 5.92 Å². The van der Waals surface area contributed by atoms with Gasteiger partial charge in [0, 0.05) is 24.6 Å². The number of rotatable bonds is 1. The van der Waals surface area contributed by atoms with Gasteiger partial charge in [-0.25, -0.2) is 4.98 Å². The fraction of sp³-hybridized carbons (Fsp3) is 0.231. The van der Waals surface area contributed by atoms with E-state index in [0.717, 1.165) is 15.9 Å². The van der Waals surface area contributed by atoms with E-state index >= 15 is 0 Å². The number of benzene rings is 1. The Morgan fingerprint density at radius 3 is 3.18 bits per heavy atom. The van der Waals surface area contributed by atoms with Crippen LogP contribution in [-0.2, 0) is 4.79 Å². The Labute approximate surface area is 103 Å². The fourth-order valence-corrected chi connectivity index (χ4v) is 2.79. The summed E-state index contributed by atoms with van der Waals surface area (Å²) in [6.45, 7) is 0.625. The third-order valence-corrected chi connectivity index (χ3v) is 3.78. The Hall–Kier alpha value is -1.86. The third kappa shape index (κ3) is 1.69. The highest BCUT2D eigenvalue weighted by Crippen LogP contribution is 2.28. The maximum absolute atomic E-state index is 11.8. The number of nitrogens with zero attached hydrogens (tertiary/aromatic N) is 2. The van der Waals surface area contributed by atoms with Gasteiger partial charge < -0.3 is 4.90 Å². The summed E-state index contributed by atoms with van der Waals surface area (Å²) in [6.07, 6.45) is 5.83. The van der Waals surface area contributed by atoms with Crippen molar-refractivity contribution >= 4 is 33.1 Å². The van der Waals surface area contributed by atoms with Crippen molar-refractivity contribution in [1.82, 2.24) is 4.98 Å². The molecular weight excluding hydrogens is 232 g/mol. The number of aromatic nitrogens is 1. The highest BCUT2D eigenvalue weighted by atomic mass is 32.1. The minimum Gasteiger partial charge on any atom is -0.311 e. The van der Waals surface area contributed by atoms with Gasteiger partial charge in [-0.2, -0.15) is 0 Å². The van der Waals surface area contributed by atoms with Gasteiger partial charge in [0.1, 0.15) is 0 Å². The van der Waals surface area contributed by atoms with Gasteiger partial charge >= 0.3 is 0 Å². The molecule has 1 amide bonds. The SMILES string of the molecule is C#CC1CC(=O)N(c2ccc3ncsc3c2)C1. The molecule has 0 N–H and O–H groups in total. The zero-order valence-electron chi connectivity index (χ0n) is 9.09. The molecule has 0 spiro atoms. The van der Waals surface area contributed by atoms with Crippen molar-refractivity contribution in [1.29, 1.82) is 0 Å². The second-order valence-electron chi connectivity index (χ2n) is 4.08. The first-order valence-electron chi connectivity index (χ1n) is 5.37. The van der Waals surface area contributed by atoms with Gasteiger partial charge in [-0.3, -0.25) is 4.79 Å². The number of thiazole rings is 1. The van der Waals surface area contributed by atoms with E-state index in [9.17, 15) is 4.79 Å². The van der Waals surface area contributed by atoms with Crippen LogP contribution in [0.4, 0.5) is 5.69 Å². The summed E-state index contributed by atoms with van der Waals surface area (Å²) in [6, 6.07) is 5.88. The molecule has 1 aromatic carbocycles. The van der Waals surface area contributed by atoms with Crippen LogP contribution in [0.25, 0.3) is 10.2 Å². The van der Waals surface area contributed by atoms with Gasteiger partial charge in [-0.15, -0.1) is 23.7 Å². The zero-order valence-corrected chi connectivity index (χ0v) is 9.91. The second kappa shape index (κ2) is 3.86. The Balaban J connectivity index is 1.98. The van der Waals surface area contributed by atoms with Crippen LogP contribution in [0.1, 0.15) is 6.42 Å². The number of hydrogen-bond acceptors (Lipinski definition) is 3. The molecule has 1 saturated heterocycles. The smallest absolute Gasteiger partial charge is 0.228 e. The number of terminal acetylenes is 1. The Bertz CT molecular complexity index is 626. The molecule has 0 aliphatic carbocycles. The maximum atomic E-state index is 11.8. The van der Waals surface area contributed by atoms with Crippen molar-refractivity contribution in [2.75, 3.05) is 11.4 Å². The molecule has 2 heterocycles. The average Bonchev–Trinajstić information content (AvgIpc) is 2.93. The molecular formula is C13H10N2OS. The average molecular weight is 242 g/mol. The maximum Gasteiger partial charge on any atom is 0.228 e. The van der Waals surface area contributed by atoms with Crippen LogP contribution in [-0.4, -0.2) is 17.4 Å². The molecule has 1 fully saturated rings. The van der Waals surface area contributed by atoms with Crippen molar-refractivity contribution in [3.05, 3.63) is 23.7 Å². The summed E-state index contributed by atoms with van der Waals surface area (Å²) in [5, 5.41) is 0. The molecule has 0 saturated carbocycles. The Morgan fingerprint density at radius 2 is 2.41 bits per heavy atom. The number of hydrogen-bond donors (Lipinski definition) is 0. The number of anilines is 1. The quantitative estimate of drug-likeness (QED) is 0.719. The second-order valence-corrected chi connectivity index (χ2v) is 4.96. The van der Waals surface area contributed by atoms with Crippen LogP contribution in [0.2, 0.25) is 0 Å². The van der Waals surface area contributed by atoms with Crippen molar-refractivity contribution in [2.45, 2.75) is 6.42 Å². The zero-order chi connectivity index (χ0) is 11.8. The highest BCUT2D eigenvalue weighted by molar-refractivity contribution is 7.16. The summed E-state index contributed by atoms with van der Waals surface area (Å²) in [5.74, 6) is 2.80. The molecule has 1 aromatic heterocycles. The molecule has 4 heteroatoms. The molecule has 1 atom stereocenters. The summed E-state index contributed by atoms with van der Waals surface area (Å²) in [4.78, 5) is 17.8. The lowest BCUT2D eigenvalue weighted by molar-refractivity contribution is -0.117. The first-order chi connectivity index (χ1) is 8.28. The molecule has 1 aliphatic rings. The molecule has 84 valence electrons. The third-order valence-electron chi connectivity index (χ3n) is 2.99.